The maximum atomic E-state index is 5.54. The molecule has 0 saturated heterocycles. The molecule has 0 radical (unpaired) electrons. The third-order valence-corrected chi connectivity index (χ3v) is 3.93. The van der Waals surface area contributed by atoms with Crippen LogP contribution in [0.3, 0.4) is 0 Å². The lowest BCUT2D eigenvalue weighted by Gasteiger charge is -2.13. The van der Waals surface area contributed by atoms with Crippen LogP contribution in [0.1, 0.15) is 43.4 Å². The third-order valence-electron chi connectivity index (χ3n) is 3.93. The molecule has 2 aromatic rings. The van der Waals surface area contributed by atoms with Crippen LogP contribution in [-0.2, 0) is 25.9 Å². The molecule has 2 N–H and O–H groups in total. The number of aromatic nitrogens is 1. The fraction of sp³-hybridized carbons (Fsp3) is 0.474. The van der Waals surface area contributed by atoms with Crippen LogP contribution in [0.5, 0.6) is 5.75 Å². The van der Waals surface area contributed by atoms with Crippen LogP contribution in [0, 0.1) is 0 Å². The van der Waals surface area contributed by atoms with Gasteiger partial charge in [0.05, 0.1) is 12.3 Å². The first kappa shape index (κ1) is 18.8. The molecule has 0 aliphatic heterocycles. The maximum absolute atomic E-state index is 5.54. The summed E-state index contributed by atoms with van der Waals surface area (Å²) in [4.78, 5) is 4.28. The van der Waals surface area contributed by atoms with Crippen molar-refractivity contribution in [2.45, 2.75) is 46.7 Å². The van der Waals surface area contributed by atoms with E-state index in [0.29, 0.717) is 19.7 Å². The zero-order chi connectivity index (χ0) is 18.1. The van der Waals surface area contributed by atoms with E-state index in [-0.39, 0.29) is 0 Å². The fourth-order valence-electron chi connectivity index (χ4n) is 2.63. The average Bonchev–Trinajstić information content (AvgIpc) is 3.04. The number of nitrogens with zero attached hydrogens (tertiary/aromatic N) is 2. The summed E-state index contributed by atoms with van der Waals surface area (Å²) >= 11 is 0. The van der Waals surface area contributed by atoms with Gasteiger partial charge >= 0.3 is 0 Å². The molecule has 0 aliphatic rings. The third kappa shape index (κ3) is 5.24. The second-order valence-corrected chi connectivity index (χ2v) is 5.60. The van der Waals surface area contributed by atoms with Gasteiger partial charge in [-0.25, -0.2) is 0 Å². The van der Waals surface area contributed by atoms with Gasteiger partial charge in [0.25, 0.3) is 0 Å². The lowest BCUT2D eigenvalue weighted by atomic mass is 10.1. The zero-order valence-electron chi connectivity index (χ0n) is 15.6. The summed E-state index contributed by atoms with van der Waals surface area (Å²) < 4.78 is 10.9. The van der Waals surface area contributed by atoms with Crippen molar-refractivity contribution in [2.24, 2.45) is 4.99 Å². The smallest absolute Gasteiger partial charge is 0.191 e. The zero-order valence-corrected chi connectivity index (χ0v) is 15.6. The Balaban J connectivity index is 1.93. The van der Waals surface area contributed by atoms with Gasteiger partial charge in [0.1, 0.15) is 11.5 Å². The Morgan fingerprint density at radius 3 is 2.64 bits per heavy atom. The van der Waals surface area contributed by atoms with Crippen LogP contribution in [0.2, 0.25) is 0 Å². The van der Waals surface area contributed by atoms with E-state index in [1.54, 1.807) is 7.05 Å². The predicted molar refractivity (Wildman–Crippen MR) is 99.9 cm³/mol. The minimum atomic E-state index is 0.647. The van der Waals surface area contributed by atoms with Gasteiger partial charge in [0, 0.05) is 32.1 Å². The summed E-state index contributed by atoms with van der Waals surface area (Å²) in [5.41, 5.74) is 3.28. The Bertz CT molecular complexity index is 673. The summed E-state index contributed by atoms with van der Waals surface area (Å²) in [6, 6.07) is 8.06. The number of hydrogen-bond acceptors (Lipinski definition) is 4. The predicted octanol–water partition coefficient (Wildman–Crippen LogP) is 3.06. The second-order valence-electron chi connectivity index (χ2n) is 5.60. The summed E-state index contributed by atoms with van der Waals surface area (Å²) in [5.74, 6) is 2.56. The van der Waals surface area contributed by atoms with Crippen LogP contribution >= 0.6 is 0 Å². The van der Waals surface area contributed by atoms with Crippen LogP contribution in [-0.4, -0.2) is 24.8 Å². The SMILES string of the molecule is CCOc1cccc(CNC(=NC)NCc2c(CC)noc2CC)c1. The summed E-state index contributed by atoms with van der Waals surface area (Å²) in [6.45, 7) is 8.12. The summed E-state index contributed by atoms with van der Waals surface area (Å²) in [6.07, 6.45) is 1.69. The molecule has 136 valence electrons. The van der Waals surface area contributed by atoms with Crippen molar-refractivity contribution in [1.29, 1.82) is 0 Å². The lowest BCUT2D eigenvalue weighted by molar-refractivity contribution is 0.340. The number of nitrogens with one attached hydrogen (secondary N) is 2. The number of rotatable bonds is 8. The highest BCUT2D eigenvalue weighted by Gasteiger charge is 2.13. The Morgan fingerprint density at radius 1 is 1.16 bits per heavy atom. The van der Waals surface area contributed by atoms with Crippen LogP contribution < -0.4 is 15.4 Å². The van der Waals surface area contributed by atoms with Crippen molar-refractivity contribution in [2.75, 3.05) is 13.7 Å². The number of aliphatic imine (C=N–C) groups is 1. The van der Waals surface area contributed by atoms with Crippen LogP contribution in [0.25, 0.3) is 0 Å². The Morgan fingerprint density at radius 2 is 1.96 bits per heavy atom. The molecule has 0 unspecified atom stereocenters. The van der Waals surface area contributed by atoms with Crippen molar-refractivity contribution in [3.05, 3.63) is 46.8 Å². The van der Waals surface area contributed by atoms with Crippen molar-refractivity contribution in [3.8, 4) is 5.75 Å². The van der Waals surface area contributed by atoms with Crippen molar-refractivity contribution in [3.63, 3.8) is 0 Å². The van der Waals surface area contributed by atoms with E-state index in [4.69, 9.17) is 9.26 Å². The van der Waals surface area contributed by atoms with Crippen molar-refractivity contribution < 1.29 is 9.26 Å². The van der Waals surface area contributed by atoms with Gasteiger partial charge in [0.2, 0.25) is 0 Å². The fourth-order valence-corrected chi connectivity index (χ4v) is 2.63. The van der Waals surface area contributed by atoms with Gasteiger partial charge in [-0.3, -0.25) is 4.99 Å². The minimum Gasteiger partial charge on any atom is -0.494 e. The largest absolute Gasteiger partial charge is 0.494 e. The molecule has 1 heterocycles. The van der Waals surface area contributed by atoms with Crippen LogP contribution in [0.4, 0.5) is 0 Å². The molecule has 0 amide bonds. The molecule has 0 saturated carbocycles. The molecule has 1 aromatic heterocycles. The maximum Gasteiger partial charge on any atom is 0.191 e. The van der Waals surface area contributed by atoms with Crippen LogP contribution in [0.15, 0.2) is 33.8 Å². The topological polar surface area (TPSA) is 71.7 Å². The molecule has 0 bridgehead atoms. The van der Waals surface area contributed by atoms with Gasteiger partial charge in [-0.15, -0.1) is 0 Å². The molecule has 6 nitrogen and oxygen atoms in total. The highest BCUT2D eigenvalue weighted by molar-refractivity contribution is 5.79. The number of hydrogen-bond donors (Lipinski definition) is 2. The van der Waals surface area contributed by atoms with Gasteiger partial charge < -0.3 is 19.9 Å². The highest BCUT2D eigenvalue weighted by atomic mass is 16.5. The van der Waals surface area contributed by atoms with E-state index in [1.165, 1.54) is 0 Å². The van der Waals surface area contributed by atoms with Crippen molar-refractivity contribution in [1.82, 2.24) is 15.8 Å². The van der Waals surface area contributed by atoms with Gasteiger partial charge in [-0.1, -0.05) is 31.1 Å². The molecule has 1 aromatic carbocycles. The molecule has 0 atom stereocenters. The second kappa shape index (κ2) is 9.71. The molecule has 25 heavy (non-hydrogen) atoms. The summed E-state index contributed by atoms with van der Waals surface area (Å²) in [7, 11) is 1.76. The molecule has 6 heteroatoms. The van der Waals surface area contributed by atoms with E-state index in [1.807, 2.05) is 25.1 Å². The molecule has 0 spiro atoms. The van der Waals surface area contributed by atoms with Gasteiger partial charge in [0.15, 0.2) is 5.96 Å². The minimum absolute atomic E-state index is 0.647. The summed E-state index contributed by atoms with van der Waals surface area (Å²) in [5, 5.41) is 10.8. The highest BCUT2D eigenvalue weighted by Crippen LogP contribution is 2.15. The van der Waals surface area contributed by atoms with Gasteiger partial charge in [-0.2, -0.15) is 0 Å². The van der Waals surface area contributed by atoms with E-state index in [0.717, 1.165) is 47.1 Å². The molecular formula is C19H28N4O2. The van der Waals surface area contributed by atoms with Crippen molar-refractivity contribution >= 4 is 5.96 Å². The lowest BCUT2D eigenvalue weighted by Crippen LogP contribution is -2.36. The Hall–Kier alpha value is -2.50. The monoisotopic (exact) mass is 344 g/mol. The molecule has 0 fully saturated rings. The Kier molecular flexibility index (Phi) is 7.32. The van der Waals surface area contributed by atoms with E-state index in [9.17, 15) is 0 Å². The van der Waals surface area contributed by atoms with E-state index >= 15 is 0 Å². The standard InChI is InChI=1S/C19H28N4O2/c1-5-17-16(18(6-2)25-23-17)13-22-19(20-4)21-12-14-9-8-10-15(11-14)24-7-3/h8-11H,5-7,12-13H2,1-4H3,(H2,20,21,22). The normalized spacial score (nSPS) is 11.4. The first-order valence-corrected chi connectivity index (χ1v) is 8.84. The number of ether oxygens (including phenoxy) is 1. The molecule has 0 aliphatic carbocycles. The van der Waals surface area contributed by atoms with E-state index < -0.39 is 0 Å². The van der Waals surface area contributed by atoms with E-state index in [2.05, 4.69) is 40.7 Å². The number of benzene rings is 1. The van der Waals surface area contributed by atoms with Gasteiger partial charge in [-0.05, 0) is 31.0 Å². The first-order valence-electron chi connectivity index (χ1n) is 8.84. The number of guanidine groups is 1. The Labute approximate surface area is 149 Å². The number of aryl methyl sites for hydroxylation is 2. The molecule has 2 rings (SSSR count). The first-order chi connectivity index (χ1) is 12.2. The quantitative estimate of drug-likeness (QED) is 0.569. The average molecular weight is 344 g/mol. The molecular weight excluding hydrogens is 316 g/mol.